The van der Waals surface area contributed by atoms with Crippen molar-refractivity contribution in [3.8, 4) is 11.4 Å². The molecule has 9 heteroatoms. The zero-order chi connectivity index (χ0) is 27.6. The molecule has 2 fully saturated rings. The van der Waals surface area contributed by atoms with E-state index in [9.17, 15) is 8.42 Å². The lowest BCUT2D eigenvalue weighted by atomic mass is 9.91. The Morgan fingerprint density at radius 2 is 1.85 bits per heavy atom. The predicted molar refractivity (Wildman–Crippen MR) is 160 cm³/mol. The molecular weight excluding hydrogens is 508 g/mol. The van der Waals surface area contributed by atoms with E-state index in [1.807, 2.05) is 55.8 Å². The summed E-state index contributed by atoms with van der Waals surface area (Å²) in [5, 5.41) is 3.50. The first-order chi connectivity index (χ1) is 18.7. The van der Waals surface area contributed by atoms with Crippen LogP contribution in [0.25, 0.3) is 22.5 Å². The smallest absolute Gasteiger partial charge is 0.214 e. The van der Waals surface area contributed by atoms with Crippen LogP contribution in [-0.2, 0) is 10.0 Å². The minimum atomic E-state index is -3.17. The first-order valence-corrected chi connectivity index (χ1v) is 15.3. The molecule has 1 atom stereocenters. The second kappa shape index (κ2) is 11.4. The van der Waals surface area contributed by atoms with Gasteiger partial charge in [0.25, 0.3) is 0 Å². The maximum Gasteiger partial charge on any atom is 0.214 e. The molecule has 1 aliphatic heterocycles. The van der Waals surface area contributed by atoms with Crippen LogP contribution in [0.15, 0.2) is 60.4 Å². The fourth-order valence-electron chi connectivity index (χ4n) is 5.16. The summed E-state index contributed by atoms with van der Waals surface area (Å²) < 4.78 is 27.7. The molecule has 206 valence electrons. The van der Waals surface area contributed by atoms with Gasteiger partial charge in [0.05, 0.1) is 11.3 Å². The van der Waals surface area contributed by atoms with E-state index in [0.717, 1.165) is 72.2 Å². The summed E-state index contributed by atoms with van der Waals surface area (Å²) in [5.41, 5.74) is 4.93. The van der Waals surface area contributed by atoms with Crippen LogP contribution in [0.5, 0.6) is 0 Å². The van der Waals surface area contributed by atoms with E-state index in [1.165, 1.54) is 0 Å². The van der Waals surface area contributed by atoms with Gasteiger partial charge in [-0.25, -0.2) is 23.1 Å². The van der Waals surface area contributed by atoms with Gasteiger partial charge in [-0.2, -0.15) is 0 Å². The SMILES string of the molecule is C=C/C(=C\N(C)C)c1cccc(-c2ncc(C3=CC(C)N=C3)c(NC3CCC(NS(=O)(=O)C4CC4)CC3)n2)c1. The highest BCUT2D eigenvalue weighted by Crippen LogP contribution is 2.32. The van der Waals surface area contributed by atoms with Gasteiger partial charge in [0.2, 0.25) is 10.0 Å². The van der Waals surface area contributed by atoms with Crippen molar-refractivity contribution in [3.63, 3.8) is 0 Å². The van der Waals surface area contributed by atoms with Crippen LogP contribution in [0.1, 0.15) is 56.6 Å². The maximum atomic E-state index is 12.4. The molecule has 0 amide bonds. The van der Waals surface area contributed by atoms with E-state index in [2.05, 4.69) is 46.7 Å². The first kappa shape index (κ1) is 27.3. The largest absolute Gasteiger partial charge is 0.383 e. The van der Waals surface area contributed by atoms with Crippen LogP contribution in [0, 0.1) is 0 Å². The Balaban J connectivity index is 1.38. The molecule has 2 aliphatic carbocycles. The predicted octanol–water partition coefficient (Wildman–Crippen LogP) is 4.89. The lowest BCUT2D eigenvalue weighted by Gasteiger charge is -2.30. The van der Waals surface area contributed by atoms with Crippen molar-refractivity contribution in [3.05, 3.63) is 66.5 Å². The molecule has 0 saturated heterocycles. The topological polar surface area (TPSA) is 99.6 Å². The maximum absolute atomic E-state index is 12.4. The van der Waals surface area contributed by atoms with Gasteiger partial charge >= 0.3 is 0 Å². The molecule has 2 N–H and O–H groups in total. The number of sulfonamides is 1. The lowest BCUT2D eigenvalue weighted by Crippen LogP contribution is -2.41. The number of benzene rings is 1. The molecule has 8 nitrogen and oxygen atoms in total. The molecule has 0 spiro atoms. The number of allylic oxidation sites excluding steroid dienone is 3. The Hall–Kier alpha value is -3.30. The van der Waals surface area contributed by atoms with Crippen molar-refractivity contribution < 1.29 is 8.42 Å². The highest BCUT2D eigenvalue weighted by atomic mass is 32.2. The van der Waals surface area contributed by atoms with E-state index in [-0.39, 0.29) is 23.4 Å². The molecule has 3 aliphatic rings. The molecule has 1 aromatic heterocycles. The fraction of sp³-hybridized carbons (Fsp3) is 0.433. The van der Waals surface area contributed by atoms with Crippen LogP contribution in [0.4, 0.5) is 5.82 Å². The van der Waals surface area contributed by atoms with Gasteiger partial charge in [-0.1, -0.05) is 36.9 Å². The van der Waals surface area contributed by atoms with Gasteiger partial charge < -0.3 is 10.2 Å². The number of aliphatic imine (C=N–C) groups is 1. The van der Waals surface area contributed by atoms with Crippen molar-refractivity contribution in [2.75, 3.05) is 19.4 Å². The van der Waals surface area contributed by atoms with Gasteiger partial charge in [0, 0.05) is 61.5 Å². The second-order valence-electron chi connectivity index (χ2n) is 11.0. The number of nitrogens with one attached hydrogen (secondary N) is 2. The minimum absolute atomic E-state index is 0.0108. The van der Waals surface area contributed by atoms with Gasteiger partial charge in [0.1, 0.15) is 5.82 Å². The monoisotopic (exact) mass is 546 g/mol. The van der Waals surface area contributed by atoms with Crippen molar-refractivity contribution >= 4 is 33.2 Å². The number of hydrogen-bond acceptors (Lipinski definition) is 7. The van der Waals surface area contributed by atoms with Crippen molar-refractivity contribution in [1.29, 1.82) is 0 Å². The molecule has 2 heterocycles. The molecule has 2 saturated carbocycles. The minimum Gasteiger partial charge on any atom is -0.383 e. The number of hydrogen-bond donors (Lipinski definition) is 2. The standard InChI is InChI=1S/C30H38N6O2S/c1-5-21(19-36(3)4)22-7-6-8-23(16-22)29-32-18-28(24-15-20(2)31-17-24)30(34-29)33-25-9-11-26(12-10-25)35-39(37,38)27-13-14-27/h5-8,15-20,25-27,35H,1,9-14H2,2-4H3,(H,32,33,34)/b21-19+. The van der Waals surface area contributed by atoms with E-state index in [1.54, 1.807) is 0 Å². The first-order valence-electron chi connectivity index (χ1n) is 13.7. The zero-order valence-corrected chi connectivity index (χ0v) is 23.8. The zero-order valence-electron chi connectivity index (χ0n) is 23.0. The molecule has 1 aromatic carbocycles. The molecule has 0 bridgehead atoms. The average Bonchev–Trinajstić information content (AvgIpc) is 3.70. The molecule has 5 rings (SSSR count). The number of anilines is 1. The Kier molecular flexibility index (Phi) is 8.00. The molecule has 1 unspecified atom stereocenters. The Bertz CT molecular complexity index is 1420. The summed E-state index contributed by atoms with van der Waals surface area (Å²) in [4.78, 5) is 16.3. The number of aromatic nitrogens is 2. The molecular formula is C30H38N6O2S. The summed E-state index contributed by atoms with van der Waals surface area (Å²) in [7, 11) is 0.815. The third kappa shape index (κ3) is 6.65. The highest BCUT2D eigenvalue weighted by molar-refractivity contribution is 7.90. The normalized spacial score (nSPS) is 23.4. The summed E-state index contributed by atoms with van der Waals surface area (Å²) in [5.74, 6) is 1.43. The van der Waals surface area contributed by atoms with Gasteiger partial charge in [-0.05, 0) is 62.7 Å². The van der Waals surface area contributed by atoms with Gasteiger partial charge in [0.15, 0.2) is 5.82 Å². The van der Waals surface area contributed by atoms with Crippen LogP contribution >= 0.6 is 0 Å². The Labute approximate surface area is 232 Å². The highest BCUT2D eigenvalue weighted by Gasteiger charge is 2.37. The number of rotatable bonds is 10. The third-order valence-corrected chi connectivity index (χ3v) is 9.41. The lowest BCUT2D eigenvalue weighted by molar-refractivity contribution is 0.386. The Morgan fingerprint density at radius 3 is 2.49 bits per heavy atom. The number of nitrogens with zero attached hydrogens (tertiary/aromatic N) is 4. The van der Waals surface area contributed by atoms with Crippen LogP contribution < -0.4 is 10.0 Å². The van der Waals surface area contributed by atoms with Crippen LogP contribution in [0.3, 0.4) is 0 Å². The summed E-state index contributed by atoms with van der Waals surface area (Å²) in [6.07, 6.45) is 14.7. The van der Waals surface area contributed by atoms with Crippen molar-refractivity contribution in [2.24, 2.45) is 4.99 Å². The molecule has 39 heavy (non-hydrogen) atoms. The third-order valence-electron chi connectivity index (χ3n) is 7.40. The fourth-order valence-corrected chi connectivity index (χ4v) is 6.81. The van der Waals surface area contributed by atoms with E-state index in [4.69, 9.17) is 9.97 Å². The van der Waals surface area contributed by atoms with E-state index >= 15 is 0 Å². The second-order valence-corrected chi connectivity index (χ2v) is 13.0. The van der Waals surface area contributed by atoms with Crippen LogP contribution in [0.2, 0.25) is 0 Å². The molecule has 2 aromatic rings. The summed E-state index contributed by atoms with van der Waals surface area (Å²) in [6.45, 7) is 6.03. The van der Waals surface area contributed by atoms with E-state index in [0.29, 0.717) is 5.82 Å². The van der Waals surface area contributed by atoms with Crippen LogP contribution in [-0.4, -0.2) is 67.0 Å². The average molecular weight is 547 g/mol. The van der Waals surface area contributed by atoms with Crippen molar-refractivity contribution in [1.82, 2.24) is 19.6 Å². The van der Waals surface area contributed by atoms with Crippen molar-refractivity contribution in [2.45, 2.75) is 68.8 Å². The Morgan fingerprint density at radius 1 is 1.10 bits per heavy atom. The van der Waals surface area contributed by atoms with Gasteiger partial charge in [-0.3, -0.25) is 4.99 Å². The van der Waals surface area contributed by atoms with Gasteiger partial charge in [-0.15, -0.1) is 0 Å². The van der Waals surface area contributed by atoms with E-state index < -0.39 is 10.0 Å². The summed E-state index contributed by atoms with van der Waals surface area (Å²) in [6, 6.07) is 8.52. The quantitative estimate of drug-likeness (QED) is 0.412. The molecule has 0 radical (unpaired) electrons. The summed E-state index contributed by atoms with van der Waals surface area (Å²) >= 11 is 0.